The highest BCUT2D eigenvalue weighted by Crippen LogP contribution is 2.32. The zero-order valence-corrected chi connectivity index (χ0v) is 12.6. The highest BCUT2D eigenvalue weighted by atomic mass is 35.6. The molecular formula is C11H22Cl3NO. The molecule has 0 saturated heterocycles. The first-order chi connectivity index (χ1) is 7.38. The molecule has 0 rings (SSSR count). The van der Waals surface area contributed by atoms with Crippen LogP contribution in [0.3, 0.4) is 0 Å². The van der Waals surface area contributed by atoms with Crippen molar-refractivity contribution in [3.05, 3.63) is 0 Å². The van der Waals surface area contributed by atoms with Crippen LogP contribution in [0.5, 0.6) is 0 Å². The molecule has 98 valence electrons. The Hall–Kier alpha value is 0.790. The summed E-state index contributed by atoms with van der Waals surface area (Å²) in [4.78, 5) is 1.96. The summed E-state index contributed by atoms with van der Waals surface area (Å²) in [6.45, 7) is 3.45. The second-order valence-corrected chi connectivity index (χ2v) is 6.59. The Morgan fingerprint density at radius 3 is 2.19 bits per heavy atom. The molecule has 0 fully saturated rings. The summed E-state index contributed by atoms with van der Waals surface area (Å²) in [7, 11) is 3.87. The van der Waals surface area contributed by atoms with Gasteiger partial charge in [0, 0.05) is 13.2 Å². The number of nitrogens with zero attached hydrogens (tertiary/aromatic N) is 1. The van der Waals surface area contributed by atoms with Gasteiger partial charge < -0.3 is 9.64 Å². The first-order valence-corrected chi connectivity index (χ1v) is 6.84. The van der Waals surface area contributed by atoms with Crippen LogP contribution in [-0.2, 0) is 4.74 Å². The lowest BCUT2D eigenvalue weighted by molar-refractivity contribution is 0.0361. The lowest BCUT2D eigenvalue weighted by atomic mass is 10.2. The quantitative estimate of drug-likeness (QED) is 0.497. The van der Waals surface area contributed by atoms with E-state index in [0.717, 1.165) is 6.42 Å². The predicted molar refractivity (Wildman–Crippen MR) is 72.7 cm³/mol. The number of ether oxygens (including phenoxy) is 1. The van der Waals surface area contributed by atoms with Crippen LogP contribution < -0.4 is 0 Å². The fraction of sp³-hybridized carbons (Fsp3) is 1.00. The van der Waals surface area contributed by atoms with Crippen LogP contribution in [0, 0.1) is 0 Å². The monoisotopic (exact) mass is 289 g/mol. The summed E-state index contributed by atoms with van der Waals surface area (Å²) >= 11 is 17.6. The number of unbranched alkanes of at least 4 members (excludes halogenated alkanes) is 3. The number of alkyl halides is 3. The van der Waals surface area contributed by atoms with E-state index in [1.165, 1.54) is 19.3 Å². The van der Waals surface area contributed by atoms with E-state index in [0.29, 0.717) is 13.2 Å². The number of halogens is 3. The third kappa shape index (κ3) is 8.89. The van der Waals surface area contributed by atoms with Gasteiger partial charge >= 0.3 is 0 Å². The Bertz CT molecular complexity index is 171. The normalized spacial score (nSPS) is 14.4. The molecule has 16 heavy (non-hydrogen) atoms. The second kappa shape index (κ2) is 8.82. The van der Waals surface area contributed by atoms with Gasteiger partial charge in [-0.3, -0.25) is 0 Å². The van der Waals surface area contributed by atoms with Crippen molar-refractivity contribution >= 4 is 34.8 Å². The maximum atomic E-state index is 5.86. The smallest absolute Gasteiger partial charge is 0.217 e. The Balaban J connectivity index is 3.84. The molecule has 0 aromatic heterocycles. The molecule has 0 saturated carbocycles. The minimum atomic E-state index is -1.35. The number of hydrogen-bond acceptors (Lipinski definition) is 2. The molecule has 5 heteroatoms. The first-order valence-electron chi connectivity index (χ1n) is 5.71. The van der Waals surface area contributed by atoms with Crippen molar-refractivity contribution in [2.24, 2.45) is 0 Å². The number of rotatable bonds is 8. The van der Waals surface area contributed by atoms with E-state index in [9.17, 15) is 0 Å². The zero-order valence-electron chi connectivity index (χ0n) is 10.3. The summed E-state index contributed by atoms with van der Waals surface area (Å²) < 4.78 is 4.27. The van der Waals surface area contributed by atoms with Gasteiger partial charge in [-0.15, -0.1) is 0 Å². The lowest BCUT2D eigenvalue weighted by Gasteiger charge is -2.27. The molecule has 0 heterocycles. The number of hydrogen-bond donors (Lipinski definition) is 0. The van der Waals surface area contributed by atoms with Gasteiger partial charge in [0.05, 0.1) is 0 Å². The summed E-state index contributed by atoms with van der Waals surface area (Å²) in [5, 5.41) is 0. The Labute approximate surface area is 114 Å². The minimum absolute atomic E-state index is 0.367. The van der Waals surface area contributed by atoms with Gasteiger partial charge in [-0.05, 0) is 20.5 Å². The van der Waals surface area contributed by atoms with E-state index in [1.807, 2.05) is 19.0 Å². The summed E-state index contributed by atoms with van der Waals surface area (Å²) in [6.07, 6.45) is 4.28. The zero-order chi connectivity index (χ0) is 12.6. The van der Waals surface area contributed by atoms with Crippen LogP contribution in [0.2, 0.25) is 0 Å². The summed E-state index contributed by atoms with van der Waals surface area (Å²) in [6, 6.07) is 0. The highest BCUT2D eigenvalue weighted by molar-refractivity contribution is 6.68. The van der Waals surface area contributed by atoms with E-state index in [1.54, 1.807) is 0 Å². The largest absolute Gasteiger partial charge is 0.372 e. The van der Waals surface area contributed by atoms with Crippen LogP contribution in [0.1, 0.15) is 32.6 Å². The van der Waals surface area contributed by atoms with Crippen molar-refractivity contribution in [3.8, 4) is 0 Å². The summed E-state index contributed by atoms with van der Waals surface area (Å²) in [5.74, 6) is 0. The van der Waals surface area contributed by atoms with Gasteiger partial charge in [-0.2, -0.15) is 0 Å². The molecule has 1 unspecified atom stereocenters. The molecule has 0 spiro atoms. The maximum absolute atomic E-state index is 5.86. The van der Waals surface area contributed by atoms with Crippen LogP contribution in [0.15, 0.2) is 0 Å². The molecule has 1 atom stereocenters. The van der Waals surface area contributed by atoms with Crippen molar-refractivity contribution in [2.45, 2.75) is 42.5 Å². The maximum Gasteiger partial charge on any atom is 0.217 e. The van der Waals surface area contributed by atoms with Gasteiger partial charge in [0.15, 0.2) is 0 Å². The lowest BCUT2D eigenvalue weighted by Crippen LogP contribution is -2.38. The topological polar surface area (TPSA) is 12.5 Å². The molecule has 0 aromatic rings. The van der Waals surface area contributed by atoms with Gasteiger partial charge in [0.2, 0.25) is 3.79 Å². The number of likely N-dealkylation sites (N-methyl/N-ethyl adjacent to an activating group) is 1. The SMILES string of the molecule is CCCCCCOC(CN(C)C)C(Cl)(Cl)Cl. The van der Waals surface area contributed by atoms with E-state index in [4.69, 9.17) is 39.5 Å². The van der Waals surface area contributed by atoms with Gasteiger partial charge in [0.1, 0.15) is 6.10 Å². The molecular weight excluding hydrogens is 268 g/mol. The Morgan fingerprint density at radius 2 is 1.75 bits per heavy atom. The van der Waals surface area contributed by atoms with Crippen molar-refractivity contribution in [3.63, 3.8) is 0 Å². The first kappa shape index (κ1) is 16.8. The molecule has 0 aliphatic carbocycles. The molecule has 0 radical (unpaired) electrons. The second-order valence-electron chi connectivity index (χ2n) is 4.22. The van der Waals surface area contributed by atoms with Crippen LogP contribution >= 0.6 is 34.8 Å². The van der Waals surface area contributed by atoms with E-state index >= 15 is 0 Å². The minimum Gasteiger partial charge on any atom is -0.372 e. The molecule has 0 amide bonds. The molecule has 0 aliphatic rings. The van der Waals surface area contributed by atoms with Gasteiger partial charge in [-0.25, -0.2) is 0 Å². The van der Waals surface area contributed by atoms with E-state index < -0.39 is 3.79 Å². The van der Waals surface area contributed by atoms with Crippen LogP contribution in [0.25, 0.3) is 0 Å². The van der Waals surface area contributed by atoms with Gasteiger partial charge in [0.25, 0.3) is 0 Å². The molecule has 0 bridgehead atoms. The average Bonchev–Trinajstić information content (AvgIpc) is 2.13. The average molecular weight is 291 g/mol. The third-order valence-corrected chi connectivity index (χ3v) is 2.94. The summed E-state index contributed by atoms with van der Waals surface area (Å²) in [5.41, 5.74) is 0. The molecule has 2 nitrogen and oxygen atoms in total. The molecule has 0 aromatic carbocycles. The van der Waals surface area contributed by atoms with E-state index in [-0.39, 0.29) is 6.10 Å². The van der Waals surface area contributed by atoms with E-state index in [2.05, 4.69) is 6.92 Å². The van der Waals surface area contributed by atoms with Crippen molar-refractivity contribution in [2.75, 3.05) is 27.2 Å². The van der Waals surface area contributed by atoms with Crippen molar-refractivity contribution < 1.29 is 4.74 Å². The standard InChI is InChI=1S/C11H22Cl3NO/c1-4-5-6-7-8-16-10(9-15(2)3)11(12,13)14/h10H,4-9H2,1-3H3. The van der Waals surface area contributed by atoms with Crippen LogP contribution in [0.4, 0.5) is 0 Å². The van der Waals surface area contributed by atoms with Crippen molar-refractivity contribution in [1.82, 2.24) is 4.90 Å². The fourth-order valence-corrected chi connectivity index (χ4v) is 1.73. The van der Waals surface area contributed by atoms with Crippen LogP contribution in [-0.4, -0.2) is 42.0 Å². The highest BCUT2D eigenvalue weighted by Gasteiger charge is 2.33. The Kier molecular flexibility index (Phi) is 9.25. The third-order valence-electron chi connectivity index (χ3n) is 2.21. The van der Waals surface area contributed by atoms with Gasteiger partial charge in [-0.1, -0.05) is 61.0 Å². The molecule has 0 N–H and O–H groups in total. The Morgan fingerprint density at radius 1 is 1.12 bits per heavy atom. The molecule has 0 aliphatic heterocycles. The predicted octanol–water partition coefficient (Wildman–Crippen LogP) is 3.88. The van der Waals surface area contributed by atoms with Crippen molar-refractivity contribution in [1.29, 1.82) is 0 Å². The fourth-order valence-electron chi connectivity index (χ4n) is 1.34.